The van der Waals surface area contributed by atoms with Crippen molar-refractivity contribution in [3.05, 3.63) is 83.7 Å². The van der Waals surface area contributed by atoms with Crippen molar-refractivity contribution in [3.8, 4) is 5.69 Å². The van der Waals surface area contributed by atoms with E-state index in [1.807, 2.05) is 0 Å². The average molecular weight is 318 g/mol. The van der Waals surface area contributed by atoms with Crippen molar-refractivity contribution in [2.75, 3.05) is 18.1 Å². The number of hydrogen-bond donors (Lipinski definition) is 0. The summed E-state index contributed by atoms with van der Waals surface area (Å²) in [5, 5.41) is 0. The summed E-state index contributed by atoms with van der Waals surface area (Å²) in [6.07, 6.45) is 4.27. The van der Waals surface area contributed by atoms with Gasteiger partial charge < -0.3 is 14.2 Å². The summed E-state index contributed by atoms with van der Waals surface area (Å²) in [6, 6.07) is 19.3. The highest BCUT2D eigenvalue weighted by atomic mass is 16.5. The van der Waals surface area contributed by atoms with E-state index in [2.05, 4.69) is 90.3 Å². The molecule has 0 amide bonds. The first-order chi connectivity index (χ1) is 11.7. The van der Waals surface area contributed by atoms with E-state index < -0.39 is 0 Å². The third-order valence-electron chi connectivity index (χ3n) is 4.52. The van der Waals surface area contributed by atoms with Crippen molar-refractivity contribution in [3.63, 3.8) is 0 Å². The SMILES string of the molecule is Cc1cccc(N2CCO[C@H]2c2ccn(-c3cccc(C)c3)c2)c1. The van der Waals surface area contributed by atoms with Crippen LogP contribution in [0, 0.1) is 13.8 Å². The Kier molecular flexibility index (Phi) is 3.87. The second-order valence-corrected chi connectivity index (χ2v) is 6.45. The molecule has 1 fully saturated rings. The van der Waals surface area contributed by atoms with Crippen LogP contribution in [0.5, 0.6) is 0 Å². The van der Waals surface area contributed by atoms with Gasteiger partial charge in [-0.05, 0) is 55.3 Å². The molecule has 3 heteroatoms. The fraction of sp³-hybridized carbons (Fsp3) is 0.238. The molecule has 1 aliphatic rings. The normalized spacial score (nSPS) is 17.4. The topological polar surface area (TPSA) is 17.4 Å². The first-order valence-corrected chi connectivity index (χ1v) is 8.40. The van der Waals surface area contributed by atoms with E-state index in [0.717, 1.165) is 13.2 Å². The number of nitrogens with zero attached hydrogens (tertiary/aromatic N) is 2. The number of aryl methyl sites for hydroxylation is 2. The van der Waals surface area contributed by atoms with Crippen LogP contribution >= 0.6 is 0 Å². The Morgan fingerprint density at radius 2 is 1.62 bits per heavy atom. The number of ether oxygens (including phenoxy) is 1. The predicted molar refractivity (Wildman–Crippen MR) is 97.7 cm³/mol. The Balaban J connectivity index is 1.64. The average Bonchev–Trinajstić information content (AvgIpc) is 3.24. The standard InChI is InChI=1S/C21H22N2O/c1-16-5-3-7-19(13-16)22-10-9-18(15-22)21-23(11-12-24-21)20-8-4-6-17(2)14-20/h3-10,13-15,21H,11-12H2,1-2H3/t21-/m0/s1. The molecule has 1 atom stereocenters. The molecule has 1 aromatic heterocycles. The van der Waals surface area contributed by atoms with Crippen LogP contribution in [0.4, 0.5) is 5.69 Å². The summed E-state index contributed by atoms with van der Waals surface area (Å²) in [4.78, 5) is 2.34. The fourth-order valence-electron chi connectivity index (χ4n) is 3.33. The Bertz CT molecular complexity index is 852. The molecule has 0 bridgehead atoms. The summed E-state index contributed by atoms with van der Waals surface area (Å²) in [6.45, 7) is 5.93. The lowest BCUT2D eigenvalue weighted by atomic mass is 10.2. The highest BCUT2D eigenvalue weighted by Crippen LogP contribution is 2.33. The van der Waals surface area contributed by atoms with Gasteiger partial charge in [0.05, 0.1) is 6.61 Å². The number of benzene rings is 2. The van der Waals surface area contributed by atoms with Crippen LogP contribution in [-0.4, -0.2) is 17.7 Å². The fourth-order valence-corrected chi connectivity index (χ4v) is 3.33. The van der Waals surface area contributed by atoms with Crippen molar-refractivity contribution >= 4 is 5.69 Å². The lowest BCUT2D eigenvalue weighted by molar-refractivity contribution is 0.114. The van der Waals surface area contributed by atoms with E-state index in [9.17, 15) is 0 Å². The maximum atomic E-state index is 6.03. The number of anilines is 1. The van der Waals surface area contributed by atoms with Gasteiger partial charge in [-0.2, -0.15) is 0 Å². The minimum atomic E-state index is -0.0159. The quantitative estimate of drug-likeness (QED) is 0.700. The van der Waals surface area contributed by atoms with Crippen molar-refractivity contribution in [2.45, 2.75) is 20.1 Å². The second-order valence-electron chi connectivity index (χ2n) is 6.45. The first kappa shape index (κ1) is 15.0. The monoisotopic (exact) mass is 318 g/mol. The Hall–Kier alpha value is -2.52. The predicted octanol–water partition coefficient (Wildman–Crippen LogP) is 4.63. The van der Waals surface area contributed by atoms with Gasteiger partial charge in [-0.15, -0.1) is 0 Å². The van der Waals surface area contributed by atoms with Crippen LogP contribution in [0.1, 0.15) is 22.9 Å². The maximum absolute atomic E-state index is 6.03. The minimum Gasteiger partial charge on any atom is -0.352 e. The van der Waals surface area contributed by atoms with Crippen molar-refractivity contribution in [1.82, 2.24) is 4.57 Å². The van der Waals surface area contributed by atoms with E-state index >= 15 is 0 Å². The molecule has 0 saturated carbocycles. The molecule has 0 aliphatic carbocycles. The smallest absolute Gasteiger partial charge is 0.158 e. The van der Waals surface area contributed by atoms with Gasteiger partial charge in [0.25, 0.3) is 0 Å². The molecule has 0 spiro atoms. The molecule has 122 valence electrons. The molecule has 2 aromatic carbocycles. The van der Waals surface area contributed by atoms with Crippen molar-refractivity contribution in [1.29, 1.82) is 0 Å². The Labute approximate surface area is 143 Å². The lowest BCUT2D eigenvalue weighted by Gasteiger charge is -2.25. The summed E-state index contributed by atoms with van der Waals surface area (Å²) < 4.78 is 8.20. The van der Waals surface area contributed by atoms with Crippen LogP contribution < -0.4 is 4.90 Å². The highest BCUT2D eigenvalue weighted by molar-refractivity contribution is 5.51. The molecular formula is C21H22N2O. The molecule has 0 unspecified atom stereocenters. The molecule has 3 nitrogen and oxygen atoms in total. The van der Waals surface area contributed by atoms with E-state index in [-0.39, 0.29) is 6.23 Å². The van der Waals surface area contributed by atoms with Crippen molar-refractivity contribution < 1.29 is 4.74 Å². The van der Waals surface area contributed by atoms with Crippen LogP contribution in [-0.2, 0) is 4.74 Å². The zero-order chi connectivity index (χ0) is 16.5. The molecular weight excluding hydrogens is 296 g/mol. The summed E-state index contributed by atoms with van der Waals surface area (Å²) in [5.41, 5.74) is 6.13. The largest absolute Gasteiger partial charge is 0.352 e. The number of aromatic nitrogens is 1. The van der Waals surface area contributed by atoms with E-state index in [1.54, 1.807) is 0 Å². The third kappa shape index (κ3) is 2.83. The van der Waals surface area contributed by atoms with Crippen molar-refractivity contribution in [2.24, 2.45) is 0 Å². The first-order valence-electron chi connectivity index (χ1n) is 8.40. The molecule has 3 aromatic rings. The summed E-state index contributed by atoms with van der Waals surface area (Å²) in [7, 11) is 0. The summed E-state index contributed by atoms with van der Waals surface area (Å²) in [5.74, 6) is 0. The lowest BCUT2D eigenvalue weighted by Crippen LogP contribution is -2.23. The molecule has 24 heavy (non-hydrogen) atoms. The third-order valence-corrected chi connectivity index (χ3v) is 4.52. The molecule has 1 aliphatic heterocycles. The van der Waals surface area contributed by atoms with Gasteiger partial charge in [0.2, 0.25) is 0 Å². The number of hydrogen-bond acceptors (Lipinski definition) is 2. The van der Waals surface area contributed by atoms with Crippen LogP contribution in [0.3, 0.4) is 0 Å². The summed E-state index contributed by atoms with van der Waals surface area (Å²) >= 11 is 0. The van der Waals surface area contributed by atoms with Gasteiger partial charge in [-0.3, -0.25) is 0 Å². The highest BCUT2D eigenvalue weighted by Gasteiger charge is 2.27. The van der Waals surface area contributed by atoms with Gasteiger partial charge in [0, 0.05) is 35.9 Å². The van der Waals surface area contributed by atoms with E-state index in [1.165, 1.54) is 28.1 Å². The maximum Gasteiger partial charge on any atom is 0.158 e. The molecule has 0 N–H and O–H groups in total. The zero-order valence-electron chi connectivity index (χ0n) is 14.1. The van der Waals surface area contributed by atoms with Gasteiger partial charge in [-0.1, -0.05) is 24.3 Å². The Morgan fingerprint density at radius 3 is 2.38 bits per heavy atom. The van der Waals surface area contributed by atoms with Gasteiger partial charge in [-0.25, -0.2) is 0 Å². The van der Waals surface area contributed by atoms with Crippen LogP contribution in [0.25, 0.3) is 5.69 Å². The second kappa shape index (κ2) is 6.17. The zero-order valence-corrected chi connectivity index (χ0v) is 14.1. The minimum absolute atomic E-state index is 0.0159. The molecule has 1 saturated heterocycles. The number of rotatable bonds is 3. The van der Waals surface area contributed by atoms with Gasteiger partial charge >= 0.3 is 0 Å². The van der Waals surface area contributed by atoms with E-state index in [0.29, 0.717) is 0 Å². The molecule has 4 rings (SSSR count). The molecule has 2 heterocycles. The van der Waals surface area contributed by atoms with Gasteiger partial charge in [0.1, 0.15) is 0 Å². The van der Waals surface area contributed by atoms with Gasteiger partial charge in [0.15, 0.2) is 6.23 Å². The van der Waals surface area contributed by atoms with Crippen LogP contribution in [0.2, 0.25) is 0 Å². The molecule has 0 radical (unpaired) electrons. The Morgan fingerprint density at radius 1 is 0.917 bits per heavy atom. The van der Waals surface area contributed by atoms with E-state index in [4.69, 9.17) is 4.74 Å². The van der Waals surface area contributed by atoms with Crippen LogP contribution in [0.15, 0.2) is 67.0 Å².